The molecule has 0 bridgehead atoms. The molecular weight excluding hydrogens is 274 g/mol. The van der Waals surface area contributed by atoms with Crippen LogP contribution in [0.15, 0.2) is 10.8 Å². The monoisotopic (exact) mass is 309 g/mol. The van der Waals surface area contributed by atoms with Crippen molar-refractivity contribution < 1.29 is 0 Å². The first kappa shape index (κ1) is 18.7. The molecule has 0 radical (unpaired) electrons. The van der Waals surface area contributed by atoms with Crippen LogP contribution in [0, 0.1) is 5.92 Å². The Kier molecular flexibility index (Phi) is 10.9. The van der Waals surface area contributed by atoms with Crippen LogP contribution in [0.1, 0.15) is 76.8 Å². The molecule has 0 amide bonds. The highest BCUT2D eigenvalue weighted by molar-refractivity contribution is 7.08. The lowest BCUT2D eigenvalue weighted by atomic mass is 9.99. The van der Waals surface area contributed by atoms with Gasteiger partial charge < -0.3 is 5.32 Å². The van der Waals surface area contributed by atoms with E-state index in [0.717, 1.165) is 12.5 Å². The van der Waals surface area contributed by atoms with E-state index in [-0.39, 0.29) is 0 Å². The number of rotatable bonds is 6. The molecule has 1 aliphatic rings. The zero-order chi connectivity index (χ0) is 15.3. The average molecular weight is 310 g/mol. The molecule has 2 heteroatoms. The Morgan fingerprint density at radius 3 is 2.48 bits per heavy atom. The summed E-state index contributed by atoms with van der Waals surface area (Å²) in [6.07, 6.45) is 12.2. The molecule has 0 saturated carbocycles. The maximum Gasteiger partial charge on any atom is -0.000795 e. The number of fused-ring (bicyclic) bond motifs is 1. The quantitative estimate of drug-likeness (QED) is 0.652. The van der Waals surface area contributed by atoms with Crippen molar-refractivity contribution in [3.8, 4) is 0 Å². The van der Waals surface area contributed by atoms with Crippen molar-refractivity contribution in [1.29, 1.82) is 0 Å². The van der Waals surface area contributed by atoms with Crippen molar-refractivity contribution in [3.05, 3.63) is 21.9 Å². The summed E-state index contributed by atoms with van der Waals surface area (Å²) in [5.41, 5.74) is 3.17. The molecule has 1 aromatic heterocycles. The van der Waals surface area contributed by atoms with Crippen LogP contribution >= 0.6 is 11.3 Å². The summed E-state index contributed by atoms with van der Waals surface area (Å²) in [6.45, 7) is 9.26. The van der Waals surface area contributed by atoms with Crippen LogP contribution in [0.25, 0.3) is 0 Å². The van der Waals surface area contributed by atoms with Crippen molar-refractivity contribution in [2.45, 2.75) is 78.6 Å². The minimum absolute atomic E-state index is 0.969. The zero-order valence-corrected chi connectivity index (χ0v) is 15.2. The Morgan fingerprint density at radius 2 is 1.76 bits per heavy atom. The predicted octanol–water partition coefficient (Wildman–Crippen LogP) is 5.83. The molecule has 0 saturated heterocycles. The van der Waals surface area contributed by atoms with E-state index in [1.54, 1.807) is 11.1 Å². The van der Waals surface area contributed by atoms with Gasteiger partial charge in [0, 0.05) is 0 Å². The van der Waals surface area contributed by atoms with E-state index in [4.69, 9.17) is 0 Å². The highest BCUT2D eigenvalue weighted by Gasteiger charge is 2.05. The van der Waals surface area contributed by atoms with E-state index < -0.39 is 0 Å². The van der Waals surface area contributed by atoms with Crippen LogP contribution in [-0.2, 0) is 12.8 Å². The minimum Gasteiger partial charge on any atom is -0.316 e. The van der Waals surface area contributed by atoms with Gasteiger partial charge in [-0.3, -0.25) is 0 Å². The first-order valence-electron chi connectivity index (χ1n) is 9.02. The van der Waals surface area contributed by atoms with Gasteiger partial charge in [0.05, 0.1) is 0 Å². The van der Waals surface area contributed by atoms with Gasteiger partial charge in [-0.25, -0.2) is 0 Å². The van der Waals surface area contributed by atoms with Crippen LogP contribution in [0.5, 0.6) is 0 Å². The largest absolute Gasteiger partial charge is 0.316 e. The fourth-order valence-electron chi connectivity index (χ4n) is 2.92. The van der Waals surface area contributed by atoms with Gasteiger partial charge in [0.1, 0.15) is 0 Å². The van der Waals surface area contributed by atoms with Crippen LogP contribution in [-0.4, -0.2) is 13.1 Å². The molecule has 0 aliphatic carbocycles. The van der Waals surface area contributed by atoms with Crippen molar-refractivity contribution >= 4 is 11.3 Å². The number of unbranched alkanes of at least 4 members (excludes halogenated alkanes) is 2. The van der Waals surface area contributed by atoms with Crippen LogP contribution in [0.3, 0.4) is 0 Å². The molecule has 1 aliphatic heterocycles. The molecule has 2 rings (SSSR count). The van der Waals surface area contributed by atoms with Gasteiger partial charge in [0.2, 0.25) is 0 Å². The van der Waals surface area contributed by atoms with Crippen molar-refractivity contribution in [2.75, 3.05) is 13.1 Å². The van der Waals surface area contributed by atoms with Crippen molar-refractivity contribution in [3.63, 3.8) is 0 Å². The molecule has 0 spiro atoms. The number of thiophene rings is 1. The standard InChI is InChI=1S/C10H22.C9H13NS/c1-4-6-7-9-10(3)8-5-2;1-2-8-6-11-7-9(8)3-5-10-4-1/h10H,4-9H2,1-3H3;6-7,10H,1-5H2. The first-order chi connectivity index (χ1) is 10.3. The highest BCUT2D eigenvalue weighted by Crippen LogP contribution is 2.18. The molecule has 1 nitrogen and oxygen atoms in total. The summed E-state index contributed by atoms with van der Waals surface area (Å²) in [6, 6.07) is 0. The third-order valence-corrected chi connectivity index (χ3v) is 5.13. The van der Waals surface area contributed by atoms with Crippen LogP contribution < -0.4 is 5.32 Å². The summed E-state index contributed by atoms with van der Waals surface area (Å²) < 4.78 is 0. The van der Waals surface area contributed by atoms with E-state index in [1.807, 2.05) is 11.3 Å². The lowest BCUT2D eigenvalue weighted by Crippen LogP contribution is -2.21. The Labute approximate surface area is 136 Å². The van der Waals surface area contributed by atoms with Crippen molar-refractivity contribution in [2.24, 2.45) is 5.92 Å². The molecule has 2 heterocycles. The third kappa shape index (κ3) is 8.63. The summed E-state index contributed by atoms with van der Waals surface area (Å²) >= 11 is 1.85. The molecule has 1 aromatic rings. The van der Waals surface area contributed by atoms with Gasteiger partial charge in [0.15, 0.2) is 0 Å². The Hall–Kier alpha value is -0.340. The molecule has 122 valence electrons. The molecular formula is C19H35NS. The topological polar surface area (TPSA) is 12.0 Å². The van der Waals surface area contributed by atoms with Gasteiger partial charge in [-0.2, -0.15) is 11.3 Å². The first-order valence-corrected chi connectivity index (χ1v) is 9.96. The van der Waals surface area contributed by atoms with Crippen molar-refractivity contribution in [1.82, 2.24) is 5.32 Å². The molecule has 21 heavy (non-hydrogen) atoms. The smallest absolute Gasteiger partial charge is 0.000795 e. The Morgan fingerprint density at radius 1 is 1.00 bits per heavy atom. The maximum atomic E-state index is 3.42. The van der Waals surface area contributed by atoms with E-state index in [1.165, 1.54) is 64.3 Å². The second-order valence-electron chi connectivity index (χ2n) is 6.42. The van der Waals surface area contributed by atoms with E-state index in [9.17, 15) is 0 Å². The Balaban J connectivity index is 0.000000212. The highest BCUT2D eigenvalue weighted by atomic mass is 32.1. The fourth-order valence-corrected chi connectivity index (χ4v) is 3.86. The van der Waals surface area contributed by atoms with Gasteiger partial charge in [-0.15, -0.1) is 0 Å². The van der Waals surface area contributed by atoms with Crippen LogP contribution in [0.4, 0.5) is 0 Å². The molecule has 1 unspecified atom stereocenters. The third-order valence-electron chi connectivity index (χ3n) is 4.29. The van der Waals surface area contributed by atoms with E-state index in [0.29, 0.717) is 0 Å². The molecule has 1 atom stereocenters. The molecule has 0 fully saturated rings. The lowest BCUT2D eigenvalue weighted by Gasteiger charge is -2.10. The molecule has 0 aromatic carbocycles. The number of nitrogens with one attached hydrogen (secondary N) is 1. The maximum absolute atomic E-state index is 3.42. The summed E-state index contributed by atoms with van der Waals surface area (Å²) in [4.78, 5) is 0. The van der Waals surface area contributed by atoms with Crippen LogP contribution in [0.2, 0.25) is 0 Å². The predicted molar refractivity (Wildman–Crippen MR) is 97.4 cm³/mol. The normalized spacial score (nSPS) is 16.1. The lowest BCUT2D eigenvalue weighted by molar-refractivity contribution is 0.459. The number of hydrogen-bond donors (Lipinski definition) is 1. The van der Waals surface area contributed by atoms with Gasteiger partial charge in [-0.05, 0) is 60.2 Å². The second kappa shape index (κ2) is 12.2. The Bertz CT molecular complexity index is 323. The minimum atomic E-state index is 0.969. The molecule has 1 N–H and O–H groups in total. The number of hydrogen-bond acceptors (Lipinski definition) is 2. The van der Waals surface area contributed by atoms with E-state index in [2.05, 4.69) is 36.8 Å². The average Bonchev–Trinajstić information content (AvgIpc) is 2.86. The summed E-state index contributed by atoms with van der Waals surface area (Å²) in [7, 11) is 0. The summed E-state index contributed by atoms with van der Waals surface area (Å²) in [5, 5.41) is 8.02. The van der Waals surface area contributed by atoms with E-state index >= 15 is 0 Å². The zero-order valence-electron chi connectivity index (χ0n) is 14.4. The fraction of sp³-hybridized carbons (Fsp3) is 0.789. The second-order valence-corrected chi connectivity index (χ2v) is 7.16. The van der Waals surface area contributed by atoms with Gasteiger partial charge in [-0.1, -0.05) is 59.3 Å². The van der Waals surface area contributed by atoms with Gasteiger partial charge in [0.25, 0.3) is 0 Å². The SMILES string of the molecule is CCCCCC(C)CCC.c1scc2c1CCCNCC2. The van der Waals surface area contributed by atoms with Gasteiger partial charge >= 0.3 is 0 Å². The summed E-state index contributed by atoms with van der Waals surface area (Å²) in [5.74, 6) is 0.969. The number of aryl methyl sites for hydroxylation is 1.